The first-order valence-electron chi connectivity index (χ1n) is 20.7. The number of benzene rings is 8. The summed E-state index contributed by atoms with van der Waals surface area (Å²) >= 11 is 0. The second-order valence-corrected chi connectivity index (χ2v) is 16.9. The van der Waals surface area contributed by atoms with Gasteiger partial charge in [-0.25, -0.2) is 9.97 Å². The highest BCUT2D eigenvalue weighted by molar-refractivity contribution is 6.10. The van der Waals surface area contributed by atoms with Gasteiger partial charge in [0.15, 0.2) is 5.82 Å². The molecular formula is C57H42N2O. The van der Waals surface area contributed by atoms with Crippen LogP contribution < -0.4 is 0 Å². The van der Waals surface area contributed by atoms with Crippen molar-refractivity contribution >= 4 is 21.9 Å². The summed E-state index contributed by atoms with van der Waals surface area (Å²) < 4.78 is 6.74. The highest BCUT2D eigenvalue weighted by Gasteiger charge is 2.46. The Morgan fingerprint density at radius 1 is 0.400 bits per heavy atom. The van der Waals surface area contributed by atoms with E-state index in [9.17, 15) is 0 Å². The molecule has 286 valence electrons. The molecule has 0 saturated carbocycles. The summed E-state index contributed by atoms with van der Waals surface area (Å²) in [4.78, 5) is 10.5. The third-order valence-electron chi connectivity index (χ3n) is 12.3. The highest BCUT2D eigenvalue weighted by Crippen LogP contribution is 2.56. The van der Waals surface area contributed by atoms with Gasteiger partial charge in [0, 0.05) is 38.6 Å². The number of para-hydroxylation sites is 2. The van der Waals surface area contributed by atoms with Crippen molar-refractivity contribution in [2.45, 2.75) is 31.6 Å². The maximum Gasteiger partial charge on any atom is 0.160 e. The second kappa shape index (κ2) is 13.9. The van der Waals surface area contributed by atoms with E-state index in [0.29, 0.717) is 5.82 Å². The van der Waals surface area contributed by atoms with E-state index in [1.165, 1.54) is 38.9 Å². The molecule has 2 heterocycles. The Labute approximate surface area is 350 Å². The first kappa shape index (κ1) is 35.8. The molecule has 0 aliphatic heterocycles. The van der Waals surface area contributed by atoms with Gasteiger partial charge >= 0.3 is 0 Å². The Kier molecular flexibility index (Phi) is 8.28. The number of hydrogen-bond acceptors (Lipinski definition) is 3. The molecular weight excluding hydrogens is 729 g/mol. The van der Waals surface area contributed by atoms with Crippen molar-refractivity contribution in [3.8, 4) is 56.2 Å². The summed E-state index contributed by atoms with van der Waals surface area (Å²) in [6, 6.07) is 71.8. The molecule has 3 nitrogen and oxygen atoms in total. The second-order valence-electron chi connectivity index (χ2n) is 16.9. The normalized spacial score (nSPS) is 13.1. The zero-order valence-electron chi connectivity index (χ0n) is 33.9. The lowest BCUT2D eigenvalue weighted by Crippen LogP contribution is -2.28. The molecule has 1 aliphatic carbocycles. The average Bonchev–Trinajstić information content (AvgIpc) is 3.83. The molecule has 0 N–H and O–H groups in total. The first-order chi connectivity index (χ1) is 29.4. The van der Waals surface area contributed by atoms with E-state index in [1.54, 1.807) is 0 Å². The number of aromatic nitrogens is 2. The van der Waals surface area contributed by atoms with E-state index < -0.39 is 5.41 Å². The molecule has 3 heteroatoms. The summed E-state index contributed by atoms with van der Waals surface area (Å²) in [6.45, 7) is 6.72. The van der Waals surface area contributed by atoms with Crippen molar-refractivity contribution in [1.82, 2.24) is 9.97 Å². The minimum atomic E-state index is -0.505. The van der Waals surface area contributed by atoms with Gasteiger partial charge < -0.3 is 4.42 Å². The van der Waals surface area contributed by atoms with Gasteiger partial charge in [-0.1, -0.05) is 209 Å². The van der Waals surface area contributed by atoms with Gasteiger partial charge in [0.25, 0.3) is 0 Å². The largest absolute Gasteiger partial charge is 0.455 e. The van der Waals surface area contributed by atoms with Gasteiger partial charge in [0.05, 0.1) is 16.8 Å². The molecule has 0 radical (unpaired) electrons. The average molecular weight is 771 g/mol. The lowest BCUT2D eigenvalue weighted by Gasteiger charge is -2.34. The maximum atomic E-state index is 6.74. The molecule has 0 saturated heterocycles. The van der Waals surface area contributed by atoms with E-state index >= 15 is 0 Å². The Bertz CT molecular complexity index is 3170. The van der Waals surface area contributed by atoms with Crippen molar-refractivity contribution in [3.05, 3.63) is 228 Å². The van der Waals surface area contributed by atoms with E-state index in [-0.39, 0.29) is 5.41 Å². The molecule has 0 spiro atoms. The lowest BCUT2D eigenvalue weighted by molar-refractivity contribution is 0.573. The van der Waals surface area contributed by atoms with E-state index in [1.807, 2.05) is 18.2 Å². The maximum absolute atomic E-state index is 6.74. The first-order valence-corrected chi connectivity index (χ1v) is 20.7. The molecule has 0 bridgehead atoms. The Morgan fingerprint density at radius 3 is 1.62 bits per heavy atom. The molecule has 60 heavy (non-hydrogen) atoms. The van der Waals surface area contributed by atoms with Gasteiger partial charge in [-0.05, 0) is 56.5 Å². The molecule has 0 amide bonds. The Morgan fingerprint density at radius 2 is 0.933 bits per heavy atom. The summed E-state index contributed by atoms with van der Waals surface area (Å²) in [5.74, 6) is 0.690. The van der Waals surface area contributed by atoms with Crippen LogP contribution in [0.3, 0.4) is 0 Å². The standard InChI is InChI=1S/C57H42N2O/c1-56(2,3)49-28-16-26-47-46-25-15-24-43(53(46)60-54(47)49)37-29-31-38(32-30-37)51-36-52(59-55(58-51)39-17-7-4-8-18-39)40-33-34-45-44-23-13-14-27-48(44)57(50(45)35-40,41-19-9-5-10-20-41)42-21-11-6-12-22-42/h4-36H,1-3H3. The molecule has 10 aromatic rings. The van der Waals surface area contributed by atoms with Crippen LogP contribution in [0.1, 0.15) is 48.6 Å². The van der Waals surface area contributed by atoms with Gasteiger partial charge in [-0.15, -0.1) is 0 Å². The van der Waals surface area contributed by atoms with Gasteiger partial charge in [-0.2, -0.15) is 0 Å². The van der Waals surface area contributed by atoms with Crippen molar-refractivity contribution in [2.75, 3.05) is 0 Å². The number of furan rings is 1. The van der Waals surface area contributed by atoms with Crippen LogP contribution in [-0.4, -0.2) is 9.97 Å². The molecule has 0 unspecified atom stereocenters. The van der Waals surface area contributed by atoms with Crippen LogP contribution in [0.2, 0.25) is 0 Å². The molecule has 2 aromatic heterocycles. The minimum Gasteiger partial charge on any atom is -0.455 e. The van der Waals surface area contributed by atoms with Gasteiger partial charge in [0.1, 0.15) is 11.2 Å². The third-order valence-corrected chi connectivity index (χ3v) is 12.3. The van der Waals surface area contributed by atoms with E-state index in [4.69, 9.17) is 14.4 Å². The summed E-state index contributed by atoms with van der Waals surface area (Å²) in [6.07, 6.45) is 0. The van der Waals surface area contributed by atoms with Crippen molar-refractivity contribution < 1.29 is 4.42 Å². The number of rotatable bonds is 6. The predicted octanol–water partition coefficient (Wildman–Crippen LogP) is 14.7. The fourth-order valence-electron chi connectivity index (χ4n) is 9.52. The summed E-state index contributed by atoms with van der Waals surface area (Å²) in [5.41, 5.74) is 17.0. The Hall–Kier alpha value is -7.36. The summed E-state index contributed by atoms with van der Waals surface area (Å²) in [5, 5.41) is 2.28. The lowest BCUT2D eigenvalue weighted by atomic mass is 9.67. The third kappa shape index (κ3) is 5.65. The zero-order valence-corrected chi connectivity index (χ0v) is 33.9. The van der Waals surface area contributed by atoms with Gasteiger partial charge in [-0.3, -0.25) is 0 Å². The van der Waals surface area contributed by atoms with E-state index in [2.05, 4.69) is 203 Å². The monoisotopic (exact) mass is 770 g/mol. The van der Waals surface area contributed by atoms with Gasteiger partial charge in [0.2, 0.25) is 0 Å². The van der Waals surface area contributed by atoms with Crippen LogP contribution in [0.5, 0.6) is 0 Å². The van der Waals surface area contributed by atoms with Crippen molar-refractivity contribution in [1.29, 1.82) is 0 Å². The van der Waals surface area contributed by atoms with E-state index in [0.717, 1.165) is 61.1 Å². The topological polar surface area (TPSA) is 38.9 Å². The van der Waals surface area contributed by atoms with Crippen LogP contribution in [0.15, 0.2) is 205 Å². The zero-order chi connectivity index (χ0) is 40.4. The molecule has 0 atom stereocenters. The predicted molar refractivity (Wildman–Crippen MR) is 247 cm³/mol. The highest BCUT2D eigenvalue weighted by atomic mass is 16.3. The van der Waals surface area contributed by atoms with Crippen LogP contribution in [-0.2, 0) is 10.8 Å². The van der Waals surface area contributed by atoms with Crippen molar-refractivity contribution in [3.63, 3.8) is 0 Å². The van der Waals surface area contributed by atoms with Crippen LogP contribution in [0.4, 0.5) is 0 Å². The smallest absolute Gasteiger partial charge is 0.160 e. The minimum absolute atomic E-state index is 0.0398. The van der Waals surface area contributed by atoms with Crippen LogP contribution in [0.25, 0.3) is 78.1 Å². The SMILES string of the molecule is CC(C)(C)c1cccc2c1oc1c(-c3ccc(-c4cc(-c5ccc6c(c5)C(c5ccccc5)(c5ccccc5)c5ccccc5-6)nc(-c5ccccc5)n4)cc3)cccc12. The van der Waals surface area contributed by atoms with Crippen molar-refractivity contribution in [2.24, 2.45) is 0 Å². The molecule has 11 rings (SSSR count). The Balaban J connectivity index is 1.06. The number of nitrogens with zero attached hydrogens (tertiary/aromatic N) is 2. The number of fused-ring (bicyclic) bond motifs is 6. The number of hydrogen-bond donors (Lipinski definition) is 0. The molecule has 0 fully saturated rings. The summed E-state index contributed by atoms with van der Waals surface area (Å²) in [7, 11) is 0. The molecule has 8 aromatic carbocycles. The quantitative estimate of drug-likeness (QED) is 0.169. The van der Waals surface area contributed by atoms with Crippen LogP contribution >= 0.6 is 0 Å². The van der Waals surface area contributed by atoms with Crippen LogP contribution in [0, 0.1) is 0 Å². The fourth-order valence-corrected chi connectivity index (χ4v) is 9.52. The molecule has 1 aliphatic rings. The fraction of sp³-hybridized carbons (Fsp3) is 0.0877.